The maximum atomic E-state index is 12.0. The Labute approximate surface area is 157 Å². The summed E-state index contributed by atoms with van der Waals surface area (Å²) in [5.74, 6) is -0.0220. The van der Waals surface area contributed by atoms with Gasteiger partial charge < -0.3 is 15.2 Å². The topological polar surface area (TPSA) is 65.0 Å². The Morgan fingerprint density at radius 3 is 2.38 bits per heavy atom. The zero-order valence-corrected chi connectivity index (χ0v) is 16.3. The van der Waals surface area contributed by atoms with Crippen LogP contribution >= 0.6 is 0 Å². The summed E-state index contributed by atoms with van der Waals surface area (Å²) in [6.07, 6.45) is -0.453. The van der Waals surface area contributed by atoms with Crippen molar-refractivity contribution < 1.29 is 14.6 Å². The Morgan fingerprint density at radius 1 is 1.15 bits per heavy atom. The number of ether oxygens (including phenoxy) is 1. The number of aliphatic hydroxyl groups excluding tert-OH is 1. The standard InChI is InChI=1S/C20H33N3O3/c1-20(2,3)26-16-18(24)15-23-13-11-22(12-14-23)10-9-21-19(25)17-7-5-4-6-8-17/h4-8,18,24H,9-16H2,1-3H3,(H,21,25)/t18-/m0/s1. The van der Waals surface area contributed by atoms with Crippen LogP contribution in [0.25, 0.3) is 0 Å². The van der Waals surface area contributed by atoms with Gasteiger partial charge in [0.2, 0.25) is 0 Å². The highest BCUT2D eigenvalue weighted by Crippen LogP contribution is 2.08. The molecule has 1 aliphatic heterocycles. The third-order valence-electron chi connectivity index (χ3n) is 4.39. The third-order valence-corrected chi connectivity index (χ3v) is 4.39. The van der Waals surface area contributed by atoms with Crippen LogP contribution in [0, 0.1) is 0 Å². The molecule has 2 rings (SSSR count). The minimum atomic E-state index is -0.453. The molecule has 1 aliphatic rings. The van der Waals surface area contributed by atoms with Gasteiger partial charge in [-0.25, -0.2) is 0 Å². The molecule has 0 saturated carbocycles. The molecule has 1 aromatic rings. The van der Waals surface area contributed by atoms with Crippen molar-refractivity contribution in [3.8, 4) is 0 Å². The highest BCUT2D eigenvalue weighted by atomic mass is 16.5. The second-order valence-corrected chi connectivity index (χ2v) is 7.84. The van der Waals surface area contributed by atoms with Crippen LogP contribution in [0.5, 0.6) is 0 Å². The van der Waals surface area contributed by atoms with E-state index in [1.807, 2.05) is 51.1 Å². The van der Waals surface area contributed by atoms with E-state index in [-0.39, 0.29) is 11.5 Å². The predicted molar refractivity (Wildman–Crippen MR) is 103 cm³/mol. The van der Waals surface area contributed by atoms with E-state index in [2.05, 4.69) is 15.1 Å². The first-order valence-corrected chi connectivity index (χ1v) is 9.43. The minimum absolute atomic E-state index is 0.0220. The number of nitrogens with one attached hydrogen (secondary N) is 1. The molecule has 146 valence electrons. The highest BCUT2D eigenvalue weighted by Gasteiger charge is 2.20. The number of aliphatic hydroxyl groups is 1. The quantitative estimate of drug-likeness (QED) is 0.727. The highest BCUT2D eigenvalue weighted by molar-refractivity contribution is 5.94. The molecule has 2 N–H and O–H groups in total. The fourth-order valence-corrected chi connectivity index (χ4v) is 2.91. The zero-order chi connectivity index (χ0) is 19.0. The predicted octanol–water partition coefficient (Wildman–Crippen LogP) is 1.21. The van der Waals surface area contributed by atoms with E-state index in [0.29, 0.717) is 25.3 Å². The lowest BCUT2D eigenvalue weighted by Gasteiger charge is -2.35. The average molecular weight is 364 g/mol. The molecule has 6 heteroatoms. The maximum Gasteiger partial charge on any atom is 0.251 e. The van der Waals surface area contributed by atoms with Crippen molar-refractivity contribution in [3.05, 3.63) is 35.9 Å². The first kappa shape index (κ1) is 20.8. The van der Waals surface area contributed by atoms with Gasteiger partial charge in [-0.1, -0.05) is 18.2 Å². The minimum Gasteiger partial charge on any atom is -0.389 e. The van der Waals surface area contributed by atoms with Gasteiger partial charge in [0.05, 0.1) is 18.3 Å². The summed E-state index contributed by atoms with van der Waals surface area (Å²) >= 11 is 0. The van der Waals surface area contributed by atoms with E-state index in [4.69, 9.17) is 4.74 Å². The molecule has 0 radical (unpaired) electrons. The van der Waals surface area contributed by atoms with Gasteiger partial charge in [0.1, 0.15) is 0 Å². The van der Waals surface area contributed by atoms with Crippen molar-refractivity contribution in [2.24, 2.45) is 0 Å². The largest absolute Gasteiger partial charge is 0.389 e. The van der Waals surface area contributed by atoms with Crippen molar-refractivity contribution >= 4 is 5.91 Å². The number of amides is 1. The monoisotopic (exact) mass is 363 g/mol. The molecule has 1 saturated heterocycles. The molecule has 0 bridgehead atoms. The summed E-state index contributed by atoms with van der Waals surface area (Å²) in [5, 5.41) is 13.1. The fourth-order valence-electron chi connectivity index (χ4n) is 2.91. The lowest BCUT2D eigenvalue weighted by molar-refractivity contribution is -0.0585. The Morgan fingerprint density at radius 2 is 1.77 bits per heavy atom. The number of carbonyl (C=O) groups excluding carboxylic acids is 1. The van der Waals surface area contributed by atoms with Crippen molar-refractivity contribution in [1.29, 1.82) is 0 Å². The summed E-state index contributed by atoms with van der Waals surface area (Å²) in [6.45, 7) is 12.3. The Bertz CT molecular complexity index is 537. The number of piperazine rings is 1. The van der Waals surface area contributed by atoms with Gasteiger partial charge in [-0.2, -0.15) is 0 Å². The van der Waals surface area contributed by atoms with Crippen LogP contribution in [0.3, 0.4) is 0 Å². The molecule has 1 fully saturated rings. The van der Waals surface area contributed by atoms with Gasteiger partial charge in [-0.05, 0) is 32.9 Å². The van der Waals surface area contributed by atoms with Crippen LogP contribution in [-0.4, -0.2) is 84.9 Å². The molecule has 6 nitrogen and oxygen atoms in total. The molecular weight excluding hydrogens is 330 g/mol. The first-order chi connectivity index (χ1) is 12.3. The normalized spacial score (nSPS) is 17.8. The van der Waals surface area contributed by atoms with E-state index >= 15 is 0 Å². The van der Waals surface area contributed by atoms with Crippen LogP contribution in [0.2, 0.25) is 0 Å². The van der Waals surface area contributed by atoms with Crippen molar-refractivity contribution in [1.82, 2.24) is 15.1 Å². The first-order valence-electron chi connectivity index (χ1n) is 9.43. The summed E-state index contributed by atoms with van der Waals surface area (Å²) < 4.78 is 5.64. The van der Waals surface area contributed by atoms with Crippen LogP contribution in [0.4, 0.5) is 0 Å². The number of hydrogen-bond donors (Lipinski definition) is 2. The lowest BCUT2D eigenvalue weighted by Crippen LogP contribution is -2.50. The molecule has 1 heterocycles. The molecular formula is C20H33N3O3. The van der Waals surface area contributed by atoms with Gasteiger partial charge in [0.15, 0.2) is 0 Å². The Hall–Kier alpha value is -1.47. The van der Waals surface area contributed by atoms with E-state index < -0.39 is 6.10 Å². The zero-order valence-electron chi connectivity index (χ0n) is 16.3. The molecule has 0 aromatic heterocycles. The number of nitrogens with zero attached hydrogens (tertiary/aromatic N) is 2. The van der Waals surface area contributed by atoms with E-state index in [1.165, 1.54) is 0 Å². The van der Waals surface area contributed by atoms with Gasteiger partial charge in [-0.3, -0.25) is 14.6 Å². The lowest BCUT2D eigenvalue weighted by atomic mass is 10.2. The van der Waals surface area contributed by atoms with Gasteiger partial charge >= 0.3 is 0 Å². The second kappa shape index (κ2) is 10.0. The number of hydrogen-bond acceptors (Lipinski definition) is 5. The summed E-state index contributed by atoms with van der Waals surface area (Å²) in [5.41, 5.74) is 0.480. The molecule has 0 unspecified atom stereocenters. The SMILES string of the molecule is CC(C)(C)OC[C@@H](O)CN1CCN(CCNC(=O)c2ccccc2)CC1. The molecule has 0 aliphatic carbocycles. The number of benzene rings is 1. The van der Waals surface area contributed by atoms with E-state index in [9.17, 15) is 9.90 Å². The average Bonchev–Trinajstić information content (AvgIpc) is 2.61. The van der Waals surface area contributed by atoms with Crippen molar-refractivity contribution in [3.63, 3.8) is 0 Å². The van der Waals surface area contributed by atoms with E-state index in [0.717, 1.165) is 32.7 Å². The summed E-state index contributed by atoms with van der Waals surface area (Å²) in [4.78, 5) is 16.6. The molecule has 26 heavy (non-hydrogen) atoms. The second-order valence-electron chi connectivity index (χ2n) is 7.84. The van der Waals surface area contributed by atoms with Gasteiger partial charge in [0, 0.05) is 51.4 Å². The van der Waals surface area contributed by atoms with E-state index in [1.54, 1.807) is 0 Å². The van der Waals surface area contributed by atoms with Crippen LogP contribution in [0.1, 0.15) is 31.1 Å². The molecule has 0 spiro atoms. The van der Waals surface area contributed by atoms with Crippen molar-refractivity contribution in [2.45, 2.75) is 32.5 Å². The molecule has 1 aromatic carbocycles. The number of rotatable bonds is 8. The van der Waals surface area contributed by atoms with Crippen LogP contribution in [0.15, 0.2) is 30.3 Å². The van der Waals surface area contributed by atoms with Gasteiger partial charge in [0.25, 0.3) is 5.91 Å². The van der Waals surface area contributed by atoms with Crippen LogP contribution < -0.4 is 5.32 Å². The number of carbonyl (C=O) groups is 1. The maximum absolute atomic E-state index is 12.0. The molecule has 1 atom stereocenters. The smallest absolute Gasteiger partial charge is 0.251 e. The van der Waals surface area contributed by atoms with Gasteiger partial charge in [-0.15, -0.1) is 0 Å². The Kier molecular flexibility index (Phi) is 8.03. The third kappa shape index (κ3) is 7.83. The summed E-state index contributed by atoms with van der Waals surface area (Å²) in [6, 6.07) is 9.29. The summed E-state index contributed by atoms with van der Waals surface area (Å²) in [7, 11) is 0. The fraction of sp³-hybridized carbons (Fsp3) is 0.650. The van der Waals surface area contributed by atoms with Crippen molar-refractivity contribution in [2.75, 3.05) is 52.4 Å². The van der Waals surface area contributed by atoms with Crippen LogP contribution in [-0.2, 0) is 4.74 Å². The molecule has 1 amide bonds. The number of β-amino-alcohol motifs (C(OH)–C–C–N with tert-alkyl or cyclic N) is 1. The Balaban J connectivity index is 1.59.